The highest BCUT2D eigenvalue weighted by Gasteiger charge is 2.78. The smallest absolute Gasteiger partial charge is 0.417 e. The number of hydrogen-bond acceptors (Lipinski definition) is 6. The molecular weight excluding hydrogens is 431 g/mol. The molecule has 0 radical (unpaired) electrons. The van der Waals surface area contributed by atoms with Gasteiger partial charge in [-0.15, -0.1) is 0 Å². The van der Waals surface area contributed by atoms with Gasteiger partial charge >= 0.3 is 12.3 Å². The van der Waals surface area contributed by atoms with Crippen molar-refractivity contribution in [2.45, 2.75) is 49.4 Å². The Hall–Kier alpha value is -2.84. The fourth-order valence-corrected chi connectivity index (χ4v) is 6.11. The summed E-state index contributed by atoms with van der Waals surface area (Å²) in [5.41, 5.74) is -3.41. The van der Waals surface area contributed by atoms with Crippen LogP contribution in [0.1, 0.15) is 30.9 Å². The summed E-state index contributed by atoms with van der Waals surface area (Å²) in [6.07, 6.45) is -5.42. The molecule has 0 saturated carbocycles. The van der Waals surface area contributed by atoms with Gasteiger partial charge in [0.25, 0.3) is 0 Å². The van der Waals surface area contributed by atoms with Gasteiger partial charge in [-0.05, 0) is 25.1 Å². The molecule has 5 rings (SSSR count). The number of nitrogens with one attached hydrogen (secondary N) is 1. The number of ether oxygens (including phenoxy) is 3. The van der Waals surface area contributed by atoms with E-state index in [1.54, 1.807) is 13.0 Å². The van der Waals surface area contributed by atoms with E-state index in [4.69, 9.17) is 19.5 Å². The van der Waals surface area contributed by atoms with Crippen molar-refractivity contribution in [3.63, 3.8) is 0 Å². The van der Waals surface area contributed by atoms with E-state index >= 15 is 0 Å². The van der Waals surface area contributed by atoms with Gasteiger partial charge in [0.2, 0.25) is 5.91 Å². The predicted octanol–water partition coefficient (Wildman–Crippen LogP) is 2.56. The lowest BCUT2D eigenvalue weighted by atomic mass is 9.64. The van der Waals surface area contributed by atoms with E-state index in [2.05, 4.69) is 5.32 Å². The number of alkyl carbamates (subject to hydrolysis) is 1. The van der Waals surface area contributed by atoms with Gasteiger partial charge in [-0.2, -0.15) is 18.4 Å². The van der Waals surface area contributed by atoms with E-state index in [1.807, 2.05) is 0 Å². The number of nitrogens with zero attached hydrogens (tertiary/aromatic N) is 2. The third-order valence-electron chi connectivity index (χ3n) is 7.23. The molecule has 2 amide bonds. The number of alkyl halides is 3. The lowest BCUT2D eigenvalue weighted by molar-refractivity contribution is -0.144. The molecule has 6 atom stereocenters. The van der Waals surface area contributed by atoms with Gasteiger partial charge in [0, 0.05) is 18.5 Å². The molecule has 32 heavy (non-hydrogen) atoms. The van der Waals surface area contributed by atoms with Crippen LogP contribution in [0.4, 0.5) is 23.7 Å². The number of halogens is 3. The molecule has 0 aliphatic carbocycles. The molecule has 0 aromatic heterocycles. The summed E-state index contributed by atoms with van der Waals surface area (Å²) in [6.45, 7) is 1.99. The summed E-state index contributed by atoms with van der Waals surface area (Å²) in [7, 11) is 1.25. The van der Waals surface area contributed by atoms with Gasteiger partial charge < -0.3 is 19.5 Å². The van der Waals surface area contributed by atoms with Gasteiger partial charge in [-0.3, -0.25) is 9.69 Å². The molecule has 4 heterocycles. The van der Waals surface area contributed by atoms with Gasteiger partial charge in [-0.25, -0.2) is 4.79 Å². The molecule has 0 unspecified atom stereocenters. The molecule has 1 aromatic rings. The molecule has 4 fully saturated rings. The number of fused-ring (bicyclic) bond motifs is 2. The molecular formula is C21H20F3N3O5. The Kier molecular flexibility index (Phi) is 4.33. The highest BCUT2D eigenvalue weighted by Crippen LogP contribution is 2.65. The van der Waals surface area contributed by atoms with Crippen molar-refractivity contribution >= 4 is 17.7 Å². The summed E-state index contributed by atoms with van der Waals surface area (Å²) in [4.78, 5) is 26.7. The number of carbonyl (C=O) groups is 2. The Morgan fingerprint density at radius 2 is 2.16 bits per heavy atom. The Balaban J connectivity index is 1.57. The average molecular weight is 451 g/mol. The monoisotopic (exact) mass is 451 g/mol. The molecule has 170 valence electrons. The second-order valence-electron chi connectivity index (χ2n) is 8.82. The van der Waals surface area contributed by atoms with Crippen molar-refractivity contribution in [3.05, 3.63) is 29.3 Å². The largest absolute Gasteiger partial charge is 0.453 e. The lowest BCUT2D eigenvalue weighted by Crippen LogP contribution is -2.61. The van der Waals surface area contributed by atoms with Gasteiger partial charge in [0.1, 0.15) is 6.23 Å². The number of benzene rings is 1. The quantitative estimate of drug-likeness (QED) is 0.742. The Bertz CT molecular complexity index is 1060. The van der Waals surface area contributed by atoms with Crippen LogP contribution in [0.15, 0.2) is 18.2 Å². The van der Waals surface area contributed by atoms with Crippen LogP contribution in [0.2, 0.25) is 0 Å². The number of methoxy groups -OCH3 is 1. The molecule has 2 bridgehead atoms. The van der Waals surface area contributed by atoms with Crippen LogP contribution >= 0.6 is 0 Å². The molecule has 4 aliphatic rings. The lowest BCUT2D eigenvalue weighted by Gasteiger charge is -2.45. The fourth-order valence-electron chi connectivity index (χ4n) is 6.11. The minimum Gasteiger partial charge on any atom is -0.453 e. The second kappa shape index (κ2) is 6.59. The summed E-state index contributed by atoms with van der Waals surface area (Å²) >= 11 is 0. The minimum atomic E-state index is -4.75. The van der Waals surface area contributed by atoms with Crippen LogP contribution in [0, 0.1) is 23.2 Å². The van der Waals surface area contributed by atoms with Crippen molar-refractivity contribution in [2.75, 3.05) is 18.6 Å². The molecule has 4 saturated heterocycles. The Morgan fingerprint density at radius 1 is 1.41 bits per heavy atom. The predicted molar refractivity (Wildman–Crippen MR) is 101 cm³/mol. The fraction of sp³-hybridized carbons (Fsp3) is 0.571. The first-order valence-corrected chi connectivity index (χ1v) is 10.2. The maximum atomic E-state index is 13.5. The standard InChI is InChI=1S/C21H20F3N3O5/c1-19-8-13(26-18(29)30-2)20(32-19)5-6-31-17-15(20)14(19)16(28)27(17)11-4-3-10(9-25)12(7-11)21(22,23)24/h3-4,7,13-15,17H,5-6,8H2,1-2H3,(H,26,29)/t13-,14-,15+,17+,19-,20+/m1/s1. The maximum Gasteiger partial charge on any atom is 0.417 e. The van der Waals surface area contributed by atoms with Crippen molar-refractivity contribution in [1.29, 1.82) is 5.26 Å². The third-order valence-corrected chi connectivity index (χ3v) is 7.23. The van der Waals surface area contributed by atoms with Crippen LogP contribution in [0.25, 0.3) is 0 Å². The summed E-state index contributed by atoms with van der Waals surface area (Å²) in [5, 5.41) is 11.9. The molecule has 1 spiro atoms. The number of amides is 2. The van der Waals surface area contributed by atoms with E-state index in [9.17, 15) is 22.8 Å². The topological polar surface area (TPSA) is 101 Å². The van der Waals surface area contributed by atoms with E-state index in [0.717, 1.165) is 12.1 Å². The first-order valence-electron chi connectivity index (χ1n) is 10.2. The highest BCUT2D eigenvalue weighted by molar-refractivity contribution is 6.00. The molecule has 4 aliphatic heterocycles. The zero-order valence-corrected chi connectivity index (χ0v) is 17.2. The average Bonchev–Trinajstić information content (AvgIpc) is 3.30. The van der Waals surface area contributed by atoms with Crippen LogP contribution in [0.5, 0.6) is 0 Å². The zero-order valence-electron chi connectivity index (χ0n) is 17.2. The molecule has 11 heteroatoms. The SMILES string of the molecule is COC(=O)N[C@@H]1C[C@@]2(C)O[C@@]13CCO[C@H]1[C@@H]3[C@@H]2C(=O)N1c1ccc(C#N)c(C(F)(F)F)c1. The minimum absolute atomic E-state index is 0.0123. The summed E-state index contributed by atoms with van der Waals surface area (Å²) < 4.78 is 57.6. The number of nitriles is 1. The highest BCUT2D eigenvalue weighted by atomic mass is 19.4. The number of carbonyl (C=O) groups excluding carboxylic acids is 2. The van der Waals surface area contributed by atoms with E-state index in [0.29, 0.717) is 12.8 Å². The van der Waals surface area contributed by atoms with Crippen molar-refractivity contribution in [3.8, 4) is 6.07 Å². The van der Waals surface area contributed by atoms with Crippen molar-refractivity contribution in [2.24, 2.45) is 11.8 Å². The normalized spacial score (nSPS) is 37.2. The van der Waals surface area contributed by atoms with E-state index in [-0.39, 0.29) is 18.2 Å². The molecule has 1 N–H and O–H groups in total. The number of hydrogen-bond donors (Lipinski definition) is 1. The van der Waals surface area contributed by atoms with Crippen molar-refractivity contribution in [1.82, 2.24) is 5.32 Å². The van der Waals surface area contributed by atoms with Gasteiger partial charge in [0.05, 0.1) is 60.0 Å². The van der Waals surface area contributed by atoms with Gasteiger partial charge in [-0.1, -0.05) is 0 Å². The summed E-state index contributed by atoms with van der Waals surface area (Å²) in [5.74, 6) is -1.50. The molecule has 8 nitrogen and oxygen atoms in total. The Morgan fingerprint density at radius 3 is 2.81 bits per heavy atom. The van der Waals surface area contributed by atoms with E-state index in [1.165, 1.54) is 18.1 Å². The number of rotatable bonds is 2. The maximum absolute atomic E-state index is 13.5. The van der Waals surface area contributed by atoms with Crippen LogP contribution < -0.4 is 10.2 Å². The second-order valence-corrected chi connectivity index (χ2v) is 8.82. The first-order chi connectivity index (χ1) is 15.1. The van der Waals surface area contributed by atoms with Crippen LogP contribution in [-0.4, -0.2) is 49.2 Å². The zero-order chi connectivity index (χ0) is 23.1. The summed E-state index contributed by atoms with van der Waals surface area (Å²) in [6, 6.07) is 4.33. The molecule has 1 aromatic carbocycles. The van der Waals surface area contributed by atoms with Crippen molar-refractivity contribution < 1.29 is 37.0 Å². The Labute approximate surface area is 181 Å². The first kappa shape index (κ1) is 21.0. The van der Waals surface area contributed by atoms with Crippen LogP contribution in [-0.2, 0) is 25.2 Å². The third kappa shape index (κ3) is 2.62. The van der Waals surface area contributed by atoms with Gasteiger partial charge in [0.15, 0.2) is 0 Å². The van der Waals surface area contributed by atoms with E-state index < -0.39 is 58.7 Å². The van der Waals surface area contributed by atoms with Crippen LogP contribution in [0.3, 0.4) is 0 Å². The number of anilines is 1.